The predicted molar refractivity (Wildman–Crippen MR) is 56.9 cm³/mol. The molecule has 0 aliphatic heterocycles. The fraction of sp³-hybridized carbons (Fsp3) is 0.400. The second-order valence-electron chi connectivity index (χ2n) is 3.10. The monoisotopic (exact) mass is 240 g/mol. The van der Waals surface area contributed by atoms with Gasteiger partial charge in [-0.05, 0) is 13.8 Å². The lowest BCUT2D eigenvalue weighted by atomic mass is 10.1. The van der Waals surface area contributed by atoms with E-state index in [2.05, 4.69) is 14.9 Å². The molecule has 0 aliphatic rings. The van der Waals surface area contributed by atoms with Crippen molar-refractivity contribution < 1.29 is 19.1 Å². The zero-order valence-corrected chi connectivity index (χ0v) is 9.70. The maximum Gasteiger partial charge on any atom is 0.344 e. The Kier molecular flexibility index (Phi) is 3.97. The van der Waals surface area contributed by atoms with Crippen molar-refractivity contribution in [1.29, 1.82) is 0 Å². The van der Waals surface area contributed by atoms with E-state index in [1.165, 1.54) is 6.92 Å². The van der Waals surface area contributed by atoms with Gasteiger partial charge in [0.1, 0.15) is 11.1 Å². The van der Waals surface area contributed by atoms with Crippen LogP contribution in [0, 0.1) is 6.92 Å². The zero-order chi connectivity index (χ0) is 13.0. The minimum atomic E-state index is -0.875. The molecule has 7 nitrogen and oxygen atoms in total. The van der Waals surface area contributed by atoms with Crippen LogP contribution in [-0.4, -0.2) is 35.9 Å². The quantitative estimate of drug-likeness (QED) is 0.749. The van der Waals surface area contributed by atoms with Crippen LogP contribution in [0.5, 0.6) is 0 Å². The highest BCUT2D eigenvalue weighted by molar-refractivity contribution is 6.03. The van der Waals surface area contributed by atoms with E-state index < -0.39 is 17.5 Å². The molecule has 1 heterocycles. The van der Waals surface area contributed by atoms with E-state index >= 15 is 0 Å². The average Bonchev–Trinajstić information content (AvgIpc) is 2.31. The van der Waals surface area contributed by atoms with Gasteiger partial charge in [0.2, 0.25) is 0 Å². The summed E-state index contributed by atoms with van der Waals surface area (Å²) in [4.78, 5) is 34.6. The summed E-state index contributed by atoms with van der Waals surface area (Å²) in [5, 5.41) is 5.72. The number of hydrogen-bond acceptors (Lipinski definition) is 6. The second kappa shape index (κ2) is 5.24. The number of H-pyrrole nitrogens is 1. The van der Waals surface area contributed by atoms with Crippen molar-refractivity contribution in [2.24, 2.45) is 0 Å². The molecule has 0 spiro atoms. The first-order valence-corrected chi connectivity index (χ1v) is 4.87. The van der Waals surface area contributed by atoms with E-state index in [-0.39, 0.29) is 23.4 Å². The van der Waals surface area contributed by atoms with E-state index in [4.69, 9.17) is 4.74 Å². The van der Waals surface area contributed by atoms with Gasteiger partial charge in [-0.25, -0.2) is 14.7 Å². The number of esters is 2. The SMILES string of the molecule is CCOC(=O)c1c(C(=O)OC)c(C)n[nH]c1=O. The number of ether oxygens (including phenoxy) is 2. The van der Waals surface area contributed by atoms with Crippen molar-refractivity contribution in [3.8, 4) is 0 Å². The Balaban J connectivity index is 3.45. The predicted octanol–water partition coefficient (Wildman–Crippen LogP) is 0.0416. The molecule has 1 rings (SSSR count). The van der Waals surface area contributed by atoms with Crippen LogP contribution in [0.15, 0.2) is 4.79 Å². The molecule has 0 amide bonds. The molecular weight excluding hydrogens is 228 g/mol. The molecule has 17 heavy (non-hydrogen) atoms. The number of rotatable bonds is 3. The van der Waals surface area contributed by atoms with Crippen LogP contribution >= 0.6 is 0 Å². The van der Waals surface area contributed by atoms with Crippen LogP contribution in [0.25, 0.3) is 0 Å². The second-order valence-corrected chi connectivity index (χ2v) is 3.10. The lowest BCUT2D eigenvalue weighted by Gasteiger charge is -2.07. The summed E-state index contributed by atoms with van der Waals surface area (Å²) >= 11 is 0. The van der Waals surface area contributed by atoms with Gasteiger partial charge in [-0.1, -0.05) is 0 Å². The van der Waals surface area contributed by atoms with Gasteiger partial charge in [-0.15, -0.1) is 0 Å². The van der Waals surface area contributed by atoms with Crippen LogP contribution < -0.4 is 5.56 Å². The number of aromatic amines is 1. The number of carbonyl (C=O) groups excluding carboxylic acids is 2. The summed E-state index contributed by atoms with van der Waals surface area (Å²) in [6.07, 6.45) is 0. The lowest BCUT2D eigenvalue weighted by molar-refractivity contribution is 0.0500. The molecule has 0 aliphatic carbocycles. The van der Waals surface area contributed by atoms with Gasteiger partial charge in [-0.2, -0.15) is 5.10 Å². The Morgan fingerprint density at radius 3 is 2.47 bits per heavy atom. The summed E-state index contributed by atoms with van der Waals surface area (Å²) in [6.45, 7) is 3.17. The largest absolute Gasteiger partial charge is 0.465 e. The third-order valence-electron chi connectivity index (χ3n) is 2.03. The highest BCUT2D eigenvalue weighted by atomic mass is 16.5. The van der Waals surface area contributed by atoms with Crippen molar-refractivity contribution in [3.63, 3.8) is 0 Å². The number of hydrogen-bond donors (Lipinski definition) is 1. The Hall–Kier alpha value is -2.18. The van der Waals surface area contributed by atoms with Crippen LogP contribution in [-0.2, 0) is 9.47 Å². The van der Waals surface area contributed by atoms with Crippen molar-refractivity contribution in [2.75, 3.05) is 13.7 Å². The maximum absolute atomic E-state index is 11.6. The summed E-state index contributed by atoms with van der Waals surface area (Å²) < 4.78 is 9.21. The van der Waals surface area contributed by atoms with E-state index in [9.17, 15) is 14.4 Å². The third-order valence-corrected chi connectivity index (χ3v) is 2.03. The Bertz CT molecular complexity index is 506. The van der Waals surface area contributed by atoms with E-state index in [0.29, 0.717) is 0 Å². The molecule has 0 radical (unpaired) electrons. The molecule has 0 unspecified atom stereocenters. The molecule has 0 saturated heterocycles. The third kappa shape index (κ3) is 2.49. The van der Waals surface area contributed by atoms with Gasteiger partial charge in [0.15, 0.2) is 0 Å². The summed E-state index contributed by atoms with van der Waals surface area (Å²) in [6, 6.07) is 0. The van der Waals surface area contributed by atoms with Crippen molar-refractivity contribution in [2.45, 2.75) is 13.8 Å². The first-order chi connectivity index (χ1) is 8.02. The maximum atomic E-state index is 11.6. The van der Waals surface area contributed by atoms with Crippen molar-refractivity contribution >= 4 is 11.9 Å². The van der Waals surface area contributed by atoms with Crippen LogP contribution in [0.1, 0.15) is 33.3 Å². The summed E-state index contributed by atoms with van der Waals surface area (Å²) in [5.74, 6) is -1.68. The first-order valence-electron chi connectivity index (χ1n) is 4.87. The van der Waals surface area contributed by atoms with Gasteiger partial charge in [-0.3, -0.25) is 4.79 Å². The van der Waals surface area contributed by atoms with Crippen LogP contribution in [0.3, 0.4) is 0 Å². The van der Waals surface area contributed by atoms with Gasteiger partial charge in [0.25, 0.3) is 5.56 Å². The average molecular weight is 240 g/mol. The molecule has 0 aromatic carbocycles. The number of methoxy groups -OCH3 is 1. The molecule has 0 bridgehead atoms. The topological polar surface area (TPSA) is 98.3 Å². The van der Waals surface area contributed by atoms with Gasteiger partial charge in [0, 0.05) is 0 Å². The molecule has 0 fully saturated rings. The van der Waals surface area contributed by atoms with Crippen LogP contribution in [0.4, 0.5) is 0 Å². The number of aryl methyl sites for hydroxylation is 1. The molecule has 1 N–H and O–H groups in total. The van der Waals surface area contributed by atoms with Crippen molar-refractivity contribution in [1.82, 2.24) is 10.2 Å². The highest BCUT2D eigenvalue weighted by Gasteiger charge is 2.25. The summed E-state index contributed by atoms with van der Waals surface area (Å²) in [5.41, 5.74) is -1.14. The smallest absolute Gasteiger partial charge is 0.344 e. The first kappa shape index (κ1) is 12.9. The summed E-state index contributed by atoms with van der Waals surface area (Å²) in [7, 11) is 1.15. The standard InChI is InChI=1S/C10H12N2O5/c1-4-17-10(15)7-6(9(14)16-3)5(2)11-12-8(7)13/h4H2,1-3H3,(H,12,13). The number of aromatic nitrogens is 2. The Morgan fingerprint density at radius 2 is 1.94 bits per heavy atom. The molecule has 0 saturated carbocycles. The minimum absolute atomic E-state index is 0.0975. The molecular formula is C10H12N2O5. The number of carbonyl (C=O) groups is 2. The van der Waals surface area contributed by atoms with E-state index in [1.54, 1.807) is 6.92 Å². The molecule has 1 aromatic heterocycles. The van der Waals surface area contributed by atoms with E-state index in [1.807, 2.05) is 0 Å². The molecule has 92 valence electrons. The fourth-order valence-corrected chi connectivity index (χ4v) is 1.29. The normalized spacial score (nSPS) is 9.82. The van der Waals surface area contributed by atoms with Crippen molar-refractivity contribution in [3.05, 3.63) is 27.2 Å². The van der Waals surface area contributed by atoms with Gasteiger partial charge in [0.05, 0.1) is 19.4 Å². The molecule has 7 heteroatoms. The number of nitrogens with one attached hydrogen (secondary N) is 1. The highest BCUT2D eigenvalue weighted by Crippen LogP contribution is 2.10. The van der Waals surface area contributed by atoms with E-state index in [0.717, 1.165) is 7.11 Å². The van der Waals surface area contributed by atoms with Gasteiger partial charge >= 0.3 is 11.9 Å². The number of nitrogens with zero attached hydrogens (tertiary/aromatic N) is 1. The van der Waals surface area contributed by atoms with Gasteiger partial charge < -0.3 is 9.47 Å². The zero-order valence-electron chi connectivity index (χ0n) is 9.70. The Morgan fingerprint density at radius 1 is 1.29 bits per heavy atom. The molecule has 1 aromatic rings. The fourth-order valence-electron chi connectivity index (χ4n) is 1.29. The lowest BCUT2D eigenvalue weighted by Crippen LogP contribution is -2.27. The Labute approximate surface area is 96.7 Å². The molecule has 0 atom stereocenters. The van der Waals surface area contributed by atoms with Crippen LogP contribution in [0.2, 0.25) is 0 Å². The minimum Gasteiger partial charge on any atom is -0.465 e.